The van der Waals surface area contributed by atoms with Crippen molar-refractivity contribution >= 4 is 23.5 Å². The van der Waals surface area contributed by atoms with E-state index in [4.69, 9.17) is 16.7 Å². The molecule has 138 valence electrons. The molecule has 1 atom stereocenters. The third-order valence-electron chi connectivity index (χ3n) is 4.72. The monoisotopic (exact) mass is 375 g/mol. The second-order valence-corrected chi connectivity index (χ2v) is 7.40. The van der Waals surface area contributed by atoms with Gasteiger partial charge in [0.05, 0.1) is 29.1 Å². The van der Waals surface area contributed by atoms with Crippen LogP contribution in [0.4, 0.5) is 0 Å². The number of carbonyl (C=O) groups is 2. The van der Waals surface area contributed by atoms with E-state index in [0.717, 1.165) is 29.8 Å². The van der Waals surface area contributed by atoms with Crippen molar-refractivity contribution in [3.05, 3.63) is 46.2 Å². The van der Waals surface area contributed by atoms with Crippen LogP contribution in [0.2, 0.25) is 5.02 Å². The van der Waals surface area contributed by atoms with E-state index in [1.165, 1.54) is 4.90 Å². The third-order valence-corrected chi connectivity index (χ3v) is 5.12. The number of halogens is 1. The summed E-state index contributed by atoms with van der Waals surface area (Å²) < 4.78 is 1.78. The molecule has 0 bridgehead atoms. The molecular formula is C19H22ClN3O3. The number of benzene rings is 1. The van der Waals surface area contributed by atoms with Crippen LogP contribution in [0.3, 0.4) is 0 Å². The van der Waals surface area contributed by atoms with Gasteiger partial charge in [-0.2, -0.15) is 5.10 Å². The molecule has 0 spiro atoms. The fourth-order valence-corrected chi connectivity index (χ4v) is 3.14. The quantitative estimate of drug-likeness (QED) is 0.838. The van der Waals surface area contributed by atoms with E-state index in [9.17, 15) is 9.59 Å². The van der Waals surface area contributed by atoms with E-state index in [-0.39, 0.29) is 12.5 Å². The highest BCUT2D eigenvalue weighted by Crippen LogP contribution is 2.43. The van der Waals surface area contributed by atoms with Gasteiger partial charge < -0.3 is 10.0 Å². The number of hydrogen-bond donors (Lipinski definition) is 1. The molecule has 1 aromatic carbocycles. The van der Waals surface area contributed by atoms with Crippen molar-refractivity contribution in [3.63, 3.8) is 0 Å². The average Bonchev–Trinajstić information content (AvgIpc) is 3.34. The van der Waals surface area contributed by atoms with Crippen LogP contribution in [0.5, 0.6) is 0 Å². The minimum atomic E-state index is -0.919. The first-order valence-electron chi connectivity index (χ1n) is 8.62. The lowest BCUT2D eigenvalue weighted by molar-refractivity contribution is -0.141. The summed E-state index contributed by atoms with van der Waals surface area (Å²) in [4.78, 5) is 25.4. The molecule has 6 nitrogen and oxygen atoms in total. The van der Waals surface area contributed by atoms with Gasteiger partial charge in [-0.3, -0.25) is 9.59 Å². The van der Waals surface area contributed by atoms with E-state index in [0.29, 0.717) is 16.5 Å². The summed E-state index contributed by atoms with van der Waals surface area (Å²) in [6.07, 6.45) is 3.60. The number of rotatable bonds is 6. The number of nitrogens with zero attached hydrogens (tertiary/aromatic N) is 3. The number of aliphatic carboxylic acids is 1. The number of aromatic nitrogens is 2. The summed E-state index contributed by atoms with van der Waals surface area (Å²) in [7, 11) is 1.62. The molecule has 1 fully saturated rings. The molecule has 1 amide bonds. The van der Waals surface area contributed by atoms with Gasteiger partial charge in [0.15, 0.2) is 0 Å². The smallest absolute Gasteiger partial charge is 0.308 e. The van der Waals surface area contributed by atoms with Crippen molar-refractivity contribution in [2.24, 2.45) is 5.92 Å². The fraction of sp³-hybridized carbons (Fsp3) is 0.421. The molecule has 1 unspecified atom stereocenters. The van der Waals surface area contributed by atoms with Gasteiger partial charge in [0.1, 0.15) is 0 Å². The first kappa shape index (κ1) is 18.5. The maximum absolute atomic E-state index is 12.9. The predicted molar refractivity (Wildman–Crippen MR) is 99.0 cm³/mol. The normalized spacial score (nSPS) is 14.9. The van der Waals surface area contributed by atoms with E-state index in [2.05, 4.69) is 5.10 Å². The van der Waals surface area contributed by atoms with Crippen molar-refractivity contribution in [2.45, 2.75) is 32.6 Å². The van der Waals surface area contributed by atoms with Crippen LogP contribution in [0.15, 0.2) is 24.4 Å². The van der Waals surface area contributed by atoms with Gasteiger partial charge >= 0.3 is 5.97 Å². The van der Waals surface area contributed by atoms with E-state index >= 15 is 0 Å². The number of hydrogen-bond acceptors (Lipinski definition) is 3. The van der Waals surface area contributed by atoms with Gasteiger partial charge in [0.2, 0.25) is 0 Å². The molecular weight excluding hydrogens is 354 g/mol. The molecule has 0 aliphatic heterocycles. The Morgan fingerprint density at radius 3 is 2.69 bits per heavy atom. The molecule has 3 rings (SSSR count). The van der Waals surface area contributed by atoms with Crippen molar-refractivity contribution in [1.29, 1.82) is 0 Å². The number of aryl methyl sites for hydroxylation is 1. The molecule has 1 heterocycles. The largest absolute Gasteiger partial charge is 0.481 e. The van der Waals surface area contributed by atoms with Crippen LogP contribution in [0, 0.1) is 12.8 Å². The zero-order chi connectivity index (χ0) is 19.0. The lowest BCUT2D eigenvalue weighted by Crippen LogP contribution is -2.34. The summed E-state index contributed by atoms with van der Waals surface area (Å²) >= 11 is 6.25. The average molecular weight is 376 g/mol. The summed E-state index contributed by atoms with van der Waals surface area (Å²) in [5, 5.41) is 14.2. The third kappa shape index (κ3) is 3.60. The molecule has 1 aliphatic rings. The molecule has 26 heavy (non-hydrogen) atoms. The molecule has 7 heteroatoms. The molecule has 0 radical (unpaired) electrons. The number of amides is 1. The van der Waals surface area contributed by atoms with Crippen LogP contribution in [0.25, 0.3) is 5.69 Å². The number of carboxylic acid groups (broad SMARTS) is 1. The van der Waals surface area contributed by atoms with Gasteiger partial charge in [-0.25, -0.2) is 4.68 Å². The van der Waals surface area contributed by atoms with Gasteiger partial charge in [0, 0.05) is 24.5 Å². The van der Waals surface area contributed by atoms with Crippen molar-refractivity contribution < 1.29 is 14.7 Å². The van der Waals surface area contributed by atoms with Gasteiger partial charge in [0.25, 0.3) is 5.91 Å². The Morgan fingerprint density at radius 1 is 1.42 bits per heavy atom. The van der Waals surface area contributed by atoms with Gasteiger partial charge in [-0.1, -0.05) is 24.6 Å². The second kappa shape index (κ2) is 7.11. The standard InChI is InChI=1S/C19H22ClN3O3/c1-11-4-7-14(8-16(11)20)23-17(13-5-6-13)15(9-21-23)18(24)22(3)10-12(2)19(25)26/h4,7-9,12-13H,5-6,10H2,1-3H3,(H,25,26). The Bertz CT molecular complexity index is 858. The van der Waals surface area contributed by atoms with Crippen LogP contribution in [0.1, 0.15) is 47.3 Å². The van der Waals surface area contributed by atoms with Crippen molar-refractivity contribution in [2.75, 3.05) is 13.6 Å². The zero-order valence-electron chi connectivity index (χ0n) is 15.1. The second-order valence-electron chi connectivity index (χ2n) is 6.99. The molecule has 1 aromatic heterocycles. The number of carbonyl (C=O) groups excluding carboxylic acids is 1. The highest BCUT2D eigenvalue weighted by atomic mass is 35.5. The molecule has 0 saturated heterocycles. The maximum atomic E-state index is 12.9. The first-order chi connectivity index (χ1) is 12.3. The lowest BCUT2D eigenvalue weighted by Gasteiger charge is -2.20. The van der Waals surface area contributed by atoms with Gasteiger partial charge in [-0.05, 0) is 37.5 Å². The highest BCUT2D eigenvalue weighted by Gasteiger charge is 2.34. The summed E-state index contributed by atoms with van der Waals surface area (Å²) in [5.74, 6) is -1.46. The first-order valence-corrected chi connectivity index (χ1v) is 9.00. The summed E-state index contributed by atoms with van der Waals surface area (Å²) in [6.45, 7) is 3.68. The van der Waals surface area contributed by atoms with E-state index in [1.807, 2.05) is 25.1 Å². The van der Waals surface area contributed by atoms with Crippen molar-refractivity contribution in [3.8, 4) is 5.69 Å². The molecule has 2 aromatic rings. The minimum Gasteiger partial charge on any atom is -0.481 e. The summed E-state index contributed by atoms with van der Waals surface area (Å²) in [5.41, 5.74) is 3.21. The highest BCUT2D eigenvalue weighted by molar-refractivity contribution is 6.31. The topological polar surface area (TPSA) is 75.4 Å². The Labute approximate surface area is 157 Å². The van der Waals surface area contributed by atoms with E-state index < -0.39 is 11.9 Å². The molecule has 1 saturated carbocycles. The summed E-state index contributed by atoms with van der Waals surface area (Å²) in [6, 6.07) is 5.71. The molecule has 1 aliphatic carbocycles. The van der Waals surface area contributed by atoms with Gasteiger partial charge in [-0.15, -0.1) is 0 Å². The predicted octanol–water partition coefficient (Wildman–Crippen LogP) is 3.50. The van der Waals surface area contributed by atoms with Crippen LogP contribution in [-0.4, -0.2) is 45.3 Å². The van der Waals surface area contributed by atoms with Crippen LogP contribution in [-0.2, 0) is 4.79 Å². The van der Waals surface area contributed by atoms with E-state index in [1.54, 1.807) is 24.9 Å². The Hall–Kier alpha value is -2.34. The van der Waals surface area contributed by atoms with Crippen LogP contribution < -0.4 is 0 Å². The Kier molecular flexibility index (Phi) is 5.05. The zero-order valence-corrected chi connectivity index (χ0v) is 15.8. The lowest BCUT2D eigenvalue weighted by atomic mass is 10.1. The minimum absolute atomic E-state index is 0.153. The SMILES string of the molecule is Cc1ccc(-n2ncc(C(=O)N(C)CC(C)C(=O)O)c2C2CC2)cc1Cl. The Morgan fingerprint density at radius 2 is 2.12 bits per heavy atom. The van der Waals surface area contributed by atoms with Crippen LogP contribution >= 0.6 is 11.6 Å². The van der Waals surface area contributed by atoms with Crippen molar-refractivity contribution in [1.82, 2.24) is 14.7 Å². The molecule has 1 N–H and O–H groups in total. The maximum Gasteiger partial charge on any atom is 0.308 e. The Balaban J connectivity index is 1.94. The fourth-order valence-electron chi connectivity index (χ4n) is 2.97. The number of carboxylic acids is 1.